The summed E-state index contributed by atoms with van der Waals surface area (Å²) in [5.74, 6) is -0.239. The number of carbonyl (C=O) groups excluding carboxylic acids is 1. The van der Waals surface area contributed by atoms with Crippen LogP contribution in [0.15, 0.2) is 30.3 Å². The molecule has 0 spiro atoms. The van der Waals surface area contributed by atoms with Gasteiger partial charge in [0.1, 0.15) is 6.61 Å². The van der Waals surface area contributed by atoms with Gasteiger partial charge < -0.3 is 9.47 Å². The average Bonchev–Trinajstić information content (AvgIpc) is 2.46. The number of hydrogen-bond acceptors (Lipinski definition) is 4. The Hall–Kier alpha value is -1.39. The minimum Gasteiger partial charge on any atom is -0.461 e. The van der Waals surface area contributed by atoms with Gasteiger partial charge in [0.05, 0.1) is 18.6 Å². The molecule has 20 heavy (non-hydrogen) atoms. The molecule has 0 radical (unpaired) electrons. The van der Waals surface area contributed by atoms with Crippen molar-refractivity contribution in [3.05, 3.63) is 35.9 Å². The first kappa shape index (κ1) is 15.0. The third kappa shape index (κ3) is 4.62. The zero-order chi connectivity index (χ0) is 14.4. The smallest absolute Gasteiger partial charge is 0.310 e. The van der Waals surface area contributed by atoms with Crippen LogP contribution in [0.5, 0.6) is 0 Å². The summed E-state index contributed by atoms with van der Waals surface area (Å²) in [4.78, 5) is 14.3. The first-order valence-electron chi connectivity index (χ1n) is 7.19. The van der Waals surface area contributed by atoms with Crippen molar-refractivity contribution >= 4 is 5.97 Å². The molecule has 0 bridgehead atoms. The number of rotatable bonds is 5. The fraction of sp³-hybridized carbons (Fsp3) is 0.562. The highest BCUT2D eigenvalue weighted by molar-refractivity contribution is 5.72. The van der Waals surface area contributed by atoms with E-state index >= 15 is 0 Å². The van der Waals surface area contributed by atoms with Crippen molar-refractivity contribution in [2.45, 2.75) is 26.6 Å². The van der Waals surface area contributed by atoms with E-state index in [1.807, 2.05) is 37.3 Å². The Balaban J connectivity index is 1.74. The van der Waals surface area contributed by atoms with E-state index in [-0.39, 0.29) is 18.0 Å². The van der Waals surface area contributed by atoms with Crippen molar-refractivity contribution in [3.8, 4) is 0 Å². The van der Waals surface area contributed by atoms with Crippen LogP contribution in [-0.4, -0.2) is 43.2 Å². The van der Waals surface area contributed by atoms with E-state index in [1.165, 1.54) is 0 Å². The molecule has 110 valence electrons. The van der Waals surface area contributed by atoms with Crippen LogP contribution in [0.3, 0.4) is 0 Å². The van der Waals surface area contributed by atoms with Crippen LogP contribution in [0.25, 0.3) is 0 Å². The van der Waals surface area contributed by atoms with Crippen LogP contribution in [0.4, 0.5) is 0 Å². The number of hydrogen-bond donors (Lipinski definition) is 0. The molecule has 1 aliphatic heterocycles. The molecule has 0 amide bonds. The topological polar surface area (TPSA) is 38.8 Å². The Labute approximate surface area is 120 Å². The van der Waals surface area contributed by atoms with Gasteiger partial charge in [0.15, 0.2) is 0 Å². The van der Waals surface area contributed by atoms with Gasteiger partial charge in [-0.15, -0.1) is 0 Å². The maximum absolute atomic E-state index is 12.0. The van der Waals surface area contributed by atoms with Crippen LogP contribution in [0, 0.1) is 5.92 Å². The molecule has 0 saturated carbocycles. The molecule has 1 aliphatic rings. The maximum atomic E-state index is 12.0. The predicted octanol–water partition coefficient (Wildman–Crippen LogP) is 2.09. The van der Waals surface area contributed by atoms with E-state index in [9.17, 15) is 4.79 Å². The molecular formula is C16H23NO3. The van der Waals surface area contributed by atoms with Gasteiger partial charge in [-0.2, -0.15) is 0 Å². The summed E-state index contributed by atoms with van der Waals surface area (Å²) in [7, 11) is 0. The summed E-state index contributed by atoms with van der Waals surface area (Å²) in [5, 5.41) is 0. The quantitative estimate of drug-likeness (QED) is 0.773. The number of benzene rings is 1. The van der Waals surface area contributed by atoms with Gasteiger partial charge in [0.25, 0.3) is 0 Å². The van der Waals surface area contributed by atoms with Gasteiger partial charge in [-0.25, -0.2) is 0 Å². The first-order valence-corrected chi connectivity index (χ1v) is 7.19. The average molecular weight is 277 g/mol. The fourth-order valence-electron chi connectivity index (χ4n) is 2.39. The molecule has 1 fully saturated rings. The van der Waals surface area contributed by atoms with Crippen LogP contribution < -0.4 is 0 Å². The zero-order valence-electron chi connectivity index (χ0n) is 12.2. The Morgan fingerprint density at radius 1 is 1.45 bits per heavy atom. The molecule has 0 N–H and O–H groups in total. The lowest BCUT2D eigenvalue weighted by molar-refractivity contribution is -0.150. The lowest BCUT2D eigenvalue weighted by Crippen LogP contribution is -2.44. The molecule has 1 aromatic carbocycles. The standard InChI is InChI=1S/C16H23NO3/c1-13(10-17-8-9-19-14(2)11-17)16(18)20-12-15-6-4-3-5-7-15/h3-7,13-14H,8-12H2,1-2H3. The van der Waals surface area contributed by atoms with E-state index in [1.54, 1.807) is 0 Å². The lowest BCUT2D eigenvalue weighted by Gasteiger charge is -2.32. The predicted molar refractivity (Wildman–Crippen MR) is 77.3 cm³/mol. The second-order valence-corrected chi connectivity index (χ2v) is 5.44. The first-order chi connectivity index (χ1) is 9.65. The normalized spacial score (nSPS) is 21.4. The largest absolute Gasteiger partial charge is 0.461 e. The van der Waals surface area contributed by atoms with Gasteiger partial charge in [0.2, 0.25) is 0 Å². The SMILES string of the molecule is CC1CN(CC(C)C(=O)OCc2ccccc2)CCO1. The summed E-state index contributed by atoms with van der Waals surface area (Å²) in [6, 6.07) is 9.76. The molecule has 1 heterocycles. The zero-order valence-corrected chi connectivity index (χ0v) is 12.2. The molecular weight excluding hydrogens is 254 g/mol. The summed E-state index contributed by atoms with van der Waals surface area (Å²) < 4.78 is 10.9. The molecule has 1 aromatic rings. The van der Waals surface area contributed by atoms with E-state index in [4.69, 9.17) is 9.47 Å². The number of esters is 1. The van der Waals surface area contributed by atoms with Crippen molar-refractivity contribution in [1.82, 2.24) is 4.90 Å². The number of morpholine rings is 1. The minimum absolute atomic E-state index is 0.107. The summed E-state index contributed by atoms with van der Waals surface area (Å²) in [5.41, 5.74) is 1.02. The third-order valence-corrected chi connectivity index (χ3v) is 3.48. The minimum atomic E-state index is -0.131. The van der Waals surface area contributed by atoms with Crippen LogP contribution in [0.2, 0.25) is 0 Å². The van der Waals surface area contributed by atoms with E-state index in [0.29, 0.717) is 6.61 Å². The number of nitrogens with zero attached hydrogens (tertiary/aromatic N) is 1. The van der Waals surface area contributed by atoms with Crippen molar-refractivity contribution in [1.29, 1.82) is 0 Å². The van der Waals surface area contributed by atoms with Crippen LogP contribution in [-0.2, 0) is 20.9 Å². The highest BCUT2D eigenvalue weighted by atomic mass is 16.5. The van der Waals surface area contributed by atoms with Crippen molar-refractivity contribution in [2.24, 2.45) is 5.92 Å². The van der Waals surface area contributed by atoms with Crippen molar-refractivity contribution < 1.29 is 14.3 Å². The Bertz CT molecular complexity index is 421. The Morgan fingerprint density at radius 3 is 2.90 bits per heavy atom. The van der Waals surface area contributed by atoms with E-state index < -0.39 is 0 Å². The summed E-state index contributed by atoms with van der Waals surface area (Å²) in [6.07, 6.45) is 0.247. The highest BCUT2D eigenvalue weighted by Crippen LogP contribution is 2.10. The second-order valence-electron chi connectivity index (χ2n) is 5.44. The van der Waals surface area contributed by atoms with Crippen LogP contribution in [0.1, 0.15) is 19.4 Å². The second kappa shape index (κ2) is 7.41. The van der Waals surface area contributed by atoms with Gasteiger partial charge in [-0.3, -0.25) is 9.69 Å². The van der Waals surface area contributed by atoms with Gasteiger partial charge >= 0.3 is 5.97 Å². The molecule has 0 aliphatic carbocycles. The molecule has 4 heteroatoms. The molecule has 2 unspecified atom stereocenters. The highest BCUT2D eigenvalue weighted by Gasteiger charge is 2.22. The Kier molecular flexibility index (Phi) is 5.56. The van der Waals surface area contributed by atoms with Crippen molar-refractivity contribution in [2.75, 3.05) is 26.2 Å². The summed E-state index contributed by atoms with van der Waals surface area (Å²) >= 11 is 0. The lowest BCUT2D eigenvalue weighted by atomic mass is 10.1. The third-order valence-electron chi connectivity index (χ3n) is 3.48. The van der Waals surface area contributed by atoms with E-state index in [2.05, 4.69) is 11.8 Å². The van der Waals surface area contributed by atoms with Crippen molar-refractivity contribution in [3.63, 3.8) is 0 Å². The Morgan fingerprint density at radius 2 is 2.20 bits per heavy atom. The van der Waals surface area contributed by atoms with Crippen LogP contribution >= 0.6 is 0 Å². The summed E-state index contributed by atoms with van der Waals surface area (Å²) in [6.45, 7) is 7.59. The molecule has 4 nitrogen and oxygen atoms in total. The van der Waals surface area contributed by atoms with Gasteiger partial charge in [0, 0.05) is 19.6 Å². The van der Waals surface area contributed by atoms with Gasteiger partial charge in [-0.05, 0) is 12.5 Å². The number of carbonyl (C=O) groups is 1. The monoisotopic (exact) mass is 277 g/mol. The van der Waals surface area contributed by atoms with E-state index in [0.717, 1.165) is 31.8 Å². The molecule has 2 rings (SSSR count). The molecule has 0 aromatic heterocycles. The number of ether oxygens (including phenoxy) is 2. The molecule has 1 saturated heterocycles. The fourth-order valence-corrected chi connectivity index (χ4v) is 2.39. The maximum Gasteiger partial charge on any atom is 0.310 e. The van der Waals surface area contributed by atoms with Gasteiger partial charge in [-0.1, -0.05) is 37.3 Å². The molecule has 2 atom stereocenters.